The maximum absolute atomic E-state index is 11.0. The minimum atomic E-state index is -3.60. The van der Waals surface area contributed by atoms with Gasteiger partial charge in [-0.2, -0.15) is 0 Å². The molecule has 2 rings (SSSR count). The Morgan fingerprint density at radius 2 is 2.00 bits per heavy atom. The first-order chi connectivity index (χ1) is 6.96. The van der Waals surface area contributed by atoms with Gasteiger partial charge in [-0.25, -0.2) is 18.4 Å². The Morgan fingerprint density at radius 3 is 2.67 bits per heavy atom. The fourth-order valence-electron chi connectivity index (χ4n) is 1.46. The fraction of sp³-hybridized carbons (Fsp3) is 0.125. The van der Waals surface area contributed by atoms with Gasteiger partial charge in [-0.3, -0.25) is 0 Å². The zero-order valence-electron chi connectivity index (χ0n) is 7.65. The van der Waals surface area contributed by atoms with Gasteiger partial charge in [-0.1, -0.05) is 12.1 Å². The molecule has 15 heavy (non-hydrogen) atoms. The summed E-state index contributed by atoms with van der Waals surface area (Å²) in [6.45, 7) is 0. The second kappa shape index (κ2) is 3.21. The number of imidazole rings is 1. The molecular weight excluding hydrogens is 218 g/mol. The van der Waals surface area contributed by atoms with Gasteiger partial charge in [0.05, 0.1) is 16.8 Å². The molecule has 6 nitrogen and oxygen atoms in total. The minimum absolute atomic E-state index is 0.294. The molecule has 0 fully saturated rings. The number of H-pyrrole nitrogens is 2. The Morgan fingerprint density at radius 1 is 1.27 bits per heavy atom. The van der Waals surface area contributed by atoms with Gasteiger partial charge in [0.2, 0.25) is 10.0 Å². The number of nitrogens with two attached hydrogens (primary N) is 1. The van der Waals surface area contributed by atoms with Gasteiger partial charge in [-0.05, 0) is 11.6 Å². The SMILES string of the molecule is NS(=O)(=O)Cc1cccc2[nH]c(=O)[nH]c12. The first-order valence-corrected chi connectivity index (χ1v) is 5.87. The van der Waals surface area contributed by atoms with Crippen LogP contribution in [0.1, 0.15) is 5.56 Å². The number of rotatable bonds is 2. The molecule has 0 saturated carbocycles. The third-order valence-electron chi connectivity index (χ3n) is 1.99. The Labute approximate surface area is 85.2 Å². The number of primary sulfonamides is 1. The molecule has 0 aliphatic carbocycles. The molecule has 0 radical (unpaired) electrons. The van der Waals surface area contributed by atoms with Crippen molar-refractivity contribution in [2.75, 3.05) is 0 Å². The van der Waals surface area contributed by atoms with Crippen molar-refractivity contribution in [1.82, 2.24) is 9.97 Å². The van der Waals surface area contributed by atoms with Crippen molar-refractivity contribution >= 4 is 21.1 Å². The van der Waals surface area contributed by atoms with E-state index in [0.717, 1.165) is 0 Å². The van der Waals surface area contributed by atoms with Gasteiger partial charge in [0.15, 0.2) is 0 Å². The van der Waals surface area contributed by atoms with Crippen LogP contribution in [0.4, 0.5) is 0 Å². The van der Waals surface area contributed by atoms with Crippen molar-refractivity contribution < 1.29 is 8.42 Å². The second-order valence-corrected chi connectivity index (χ2v) is 4.84. The third kappa shape index (κ3) is 2.08. The summed E-state index contributed by atoms with van der Waals surface area (Å²) < 4.78 is 21.9. The molecule has 1 heterocycles. The largest absolute Gasteiger partial charge is 0.323 e. The van der Waals surface area contributed by atoms with Gasteiger partial charge in [0.1, 0.15) is 0 Å². The highest BCUT2D eigenvalue weighted by atomic mass is 32.2. The van der Waals surface area contributed by atoms with Crippen LogP contribution in [-0.4, -0.2) is 18.4 Å². The fourth-order valence-corrected chi connectivity index (χ4v) is 2.13. The van der Waals surface area contributed by atoms with Gasteiger partial charge in [0, 0.05) is 0 Å². The Kier molecular flexibility index (Phi) is 2.13. The Bertz CT molecular complexity index is 653. The lowest BCUT2D eigenvalue weighted by atomic mass is 10.2. The summed E-state index contributed by atoms with van der Waals surface area (Å²) in [6.07, 6.45) is 0. The average Bonchev–Trinajstić information content (AvgIpc) is 2.43. The van der Waals surface area contributed by atoms with Crippen molar-refractivity contribution in [2.45, 2.75) is 5.75 Å². The van der Waals surface area contributed by atoms with Gasteiger partial charge in [-0.15, -0.1) is 0 Å². The highest BCUT2D eigenvalue weighted by Gasteiger charge is 2.10. The van der Waals surface area contributed by atoms with E-state index in [2.05, 4.69) is 9.97 Å². The van der Waals surface area contributed by atoms with E-state index in [1.54, 1.807) is 18.2 Å². The summed E-state index contributed by atoms with van der Waals surface area (Å²) >= 11 is 0. The van der Waals surface area contributed by atoms with Gasteiger partial charge >= 0.3 is 5.69 Å². The van der Waals surface area contributed by atoms with Crippen LogP contribution in [0.2, 0.25) is 0 Å². The third-order valence-corrected chi connectivity index (χ3v) is 2.71. The molecular formula is C8H9N3O3S. The van der Waals surface area contributed by atoms with Crippen LogP contribution in [0, 0.1) is 0 Å². The monoisotopic (exact) mass is 227 g/mol. The lowest BCUT2D eigenvalue weighted by Gasteiger charge is -1.99. The first-order valence-electron chi connectivity index (χ1n) is 4.16. The molecule has 0 amide bonds. The maximum atomic E-state index is 11.0. The minimum Gasteiger partial charge on any atom is -0.306 e. The topological polar surface area (TPSA) is 109 Å². The lowest BCUT2D eigenvalue weighted by Crippen LogP contribution is -2.14. The van der Waals surface area contributed by atoms with Crippen molar-refractivity contribution in [3.63, 3.8) is 0 Å². The van der Waals surface area contributed by atoms with E-state index >= 15 is 0 Å². The van der Waals surface area contributed by atoms with E-state index in [-0.39, 0.29) is 11.4 Å². The molecule has 0 aliphatic heterocycles. The van der Waals surface area contributed by atoms with Gasteiger partial charge in [0.25, 0.3) is 0 Å². The number of benzene rings is 1. The molecule has 4 N–H and O–H groups in total. The number of aromatic nitrogens is 2. The maximum Gasteiger partial charge on any atom is 0.323 e. The van der Waals surface area contributed by atoms with E-state index in [9.17, 15) is 13.2 Å². The predicted octanol–water partition coefficient (Wildman–Crippen LogP) is -0.355. The molecule has 0 saturated heterocycles. The zero-order valence-corrected chi connectivity index (χ0v) is 8.47. The summed E-state index contributed by atoms with van der Waals surface area (Å²) in [4.78, 5) is 16.1. The molecule has 80 valence electrons. The summed E-state index contributed by atoms with van der Waals surface area (Å²) in [5, 5.41) is 4.94. The zero-order chi connectivity index (χ0) is 11.1. The van der Waals surface area contributed by atoms with Crippen molar-refractivity contribution in [1.29, 1.82) is 0 Å². The van der Waals surface area contributed by atoms with Crippen LogP contribution in [-0.2, 0) is 15.8 Å². The number of sulfonamides is 1. The van der Waals surface area contributed by atoms with Crippen LogP contribution in [0.3, 0.4) is 0 Å². The number of aromatic amines is 2. The van der Waals surface area contributed by atoms with Gasteiger partial charge < -0.3 is 9.97 Å². The summed E-state index contributed by atoms with van der Waals surface area (Å²) in [5.41, 5.74) is 1.16. The second-order valence-electron chi connectivity index (χ2n) is 3.23. The van der Waals surface area contributed by atoms with Crippen molar-refractivity contribution in [3.8, 4) is 0 Å². The van der Waals surface area contributed by atoms with E-state index < -0.39 is 10.0 Å². The number of fused-ring (bicyclic) bond motifs is 1. The van der Waals surface area contributed by atoms with E-state index in [0.29, 0.717) is 16.6 Å². The molecule has 1 aromatic carbocycles. The summed E-state index contributed by atoms with van der Waals surface area (Å²) in [5.74, 6) is -0.294. The molecule has 2 aromatic rings. The molecule has 0 bridgehead atoms. The normalized spacial score (nSPS) is 12.1. The van der Waals surface area contributed by atoms with E-state index in [1.165, 1.54) is 0 Å². The van der Waals surface area contributed by atoms with Crippen LogP contribution in [0.5, 0.6) is 0 Å². The molecule has 0 aliphatic rings. The van der Waals surface area contributed by atoms with Crippen LogP contribution in [0.15, 0.2) is 23.0 Å². The van der Waals surface area contributed by atoms with E-state index in [1.807, 2.05) is 0 Å². The lowest BCUT2D eigenvalue weighted by molar-refractivity contribution is 0.597. The highest BCUT2D eigenvalue weighted by Crippen LogP contribution is 2.14. The molecule has 1 aromatic heterocycles. The smallest absolute Gasteiger partial charge is 0.306 e. The average molecular weight is 227 g/mol. The predicted molar refractivity (Wildman–Crippen MR) is 55.7 cm³/mol. The summed E-state index contributed by atoms with van der Waals surface area (Å²) in [6, 6.07) is 4.95. The Balaban J connectivity index is 2.65. The number of nitrogens with one attached hydrogen (secondary N) is 2. The number of hydrogen-bond acceptors (Lipinski definition) is 3. The molecule has 7 heteroatoms. The van der Waals surface area contributed by atoms with Crippen LogP contribution >= 0.6 is 0 Å². The Hall–Kier alpha value is -1.60. The standard InChI is InChI=1S/C8H9N3O3S/c9-15(13,14)4-5-2-1-3-6-7(5)11-8(12)10-6/h1-3H,4H2,(H2,9,13,14)(H2,10,11,12). The van der Waals surface area contributed by atoms with Crippen molar-refractivity contribution in [3.05, 3.63) is 34.2 Å². The van der Waals surface area contributed by atoms with Crippen LogP contribution in [0.25, 0.3) is 11.0 Å². The molecule has 0 spiro atoms. The quantitative estimate of drug-likeness (QED) is 0.652. The number of hydrogen-bond donors (Lipinski definition) is 3. The first kappa shape index (κ1) is 9.94. The highest BCUT2D eigenvalue weighted by molar-refractivity contribution is 7.88. The van der Waals surface area contributed by atoms with E-state index in [4.69, 9.17) is 5.14 Å². The summed E-state index contributed by atoms with van der Waals surface area (Å²) in [7, 11) is -3.60. The van der Waals surface area contributed by atoms with Crippen molar-refractivity contribution in [2.24, 2.45) is 5.14 Å². The molecule has 0 unspecified atom stereocenters. The molecule has 0 atom stereocenters. The number of para-hydroxylation sites is 1. The van der Waals surface area contributed by atoms with Crippen LogP contribution < -0.4 is 10.8 Å².